The van der Waals surface area contributed by atoms with Crippen molar-refractivity contribution in [3.63, 3.8) is 0 Å². The largest absolute Gasteiger partial charge is 0.340 e. The van der Waals surface area contributed by atoms with Gasteiger partial charge in [0.05, 0.1) is 0 Å². The first-order valence-corrected chi connectivity index (χ1v) is 9.92. The summed E-state index contributed by atoms with van der Waals surface area (Å²) in [6.07, 6.45) is 15.6. The summed E-state index contributed by atoms with van der Waals surface area (Å²) in [7, 11) is 0. The molecule has 2 aliphatic carbocycles. The molecule has 0 spiro atoms. The van der Waals surface area contributed by atoms with Gasteiger partial charge in [-0.05, 0) is 56.9 Å². The number of allylic oxidation sites excluding steroid dienone is 2. The van der Waals surface area contributed by atoms with E-state index in [1.165, 1.54) is 37.7 Å². The molecular formula is C22H36O2. The van der Waals surface area contributed by atoms with E-state index in [1.54, 1.807) is 0 Å². The van der Waals surface area contributed by atoms with Crippen LogP contribution >= 0.6 is 0 Å². The smallest absolute Gasteiger partial charge is 0.164 e. The molecule has 3 rings (SSSR count). The maximum absolute atomic E-state index is 6.77. The maximum atomic E-state index is 6.77. The second kappa shape index (κ2) is 5.99. The third-order valence-electron chi connectivity index (χ3n) is 6.62. The number of hydrogen-bond acceptors (Lipinski definition) is 2. The Bertz CT molecular complexity index is 542. The Balaban J connectivity index is 2.16. The van der Waals surface area contributed by atoms with E-state index in [-0.39, 0.29) is 22.5 Å². The molecule has 1 heterocycles. The van der Waals surface area contributed by atoms with E-state index in [4.69, 9.17) is 9.47 Å². The Morgan fingerprint density at radius 1 is 1.17 bits per heavy atom. The highest BCUT2D eigenvalue weighted by Gasteiger charge is 2.62. The number of rotatable bonds is 3. The highest BCUT2D eigenvalue weighted by Crippen LogP contribution is 2.58. The third-order valence-corrected chi connectivity index (χ3v) is 6.62. The van der Waals surface area contributed by atoms with Gasteiger partial charge in [0, 0.05) is 5.41 Å². The zero-order valence-corrected chi connectivity index (χ0v) is 16.6. The molecule has 0 N–H and O–H groups in total. The second-order valence-electron chi connectivity index (χ2n) is 9.43. The molecule has 0 radical (unpaired) electrons. The summed E-state index contributed by atoms with van der Waals surface area (Å²) in [4.78, 5) is 0. The number of ether oxygens (including phenoxy) is 2. The van der Waals surface area contributed by atoms with Gasteiger partial charge in [0.25, 0.3) is 0 Å². The first-order chi connectivity index (χ1) is 11.2. The van der Waals surface area contributed by atoms with Crippen LogP contribution in [0.2, 0.25) is 0 Å². The second-order valence-corrected chi connectivity index (χ2v) is 9.43. The highest BCUT2D eigenvalue weighted by molar-refractivity contribution is 5.32. The van der Waals surface area contributed by atoms with Crippen molar-refractivity contribution in [1.82, 2.24) is 0 Å². The normalized spacial score (nSPS) is 41.6. The van der Waals surface area contributed by atoms with Crippen molar-refractivity contribution in [2.75, 3.05) is 0 Å². The summed E-state index contributed by atoms with van der Waals surface area (Å²) >= 11 is 0. The van der Waals surface area contributed by atoms with Crippen LogP contribution in [0.15, 0.2) is 23.8 Å². The first-order valence-electron chi connectivity index (χ1n) is 9.92. The summed E-state index contributed by atoms with van der Waals surface area (Å²) in [5.41, 5.74) is 1.42. The fourth-order valence-electron chi connectivity index (χ4n) is 5.16. The monoisotopic (exact) mass is 332 g/mol. The Kier molecular flexibility index (Phi) is 4.54. The lowest BCUT2D eigenvalue weighted by Gasteiger charge is -2.50. The summed E-state index contributed by atoms with van der Waals surface area (Å²) in [5.74, 6) is -0.521. The minimum atomic E-state index is -0.521. The lowest BCUT2D eigenvalue weighted by atomic mass is 9.59. The van der Waals surface area contributed by atoms with E-state index in [0.717, 1.165) is 12.8 Å². The molecule has 0 aromatic heterocycles. The van der Waals surface area contributed by atoms with Crippen LogP contribution in [0.3, 0.4) is 0 Å². The molecule has 136 valence electrons. The van der Waals surface area contributed by atoms with Crippen molar-refractivity contribution in [1.29, 1.82) is 0 Å². The van der Waals surface area contributed by atoms with Gasteiger partial charge in [-0.3, -0.25) is 0 Å². The quantitative estimate of drug-likeness (QED) is 0.575. The molecule has 2 heteroatoms. The lowest BCUT2D eigenvalue weighted by Crippen LogP contribution is -2.55. The number of fused-ring (bicyclic) bond motifs is 3. The van der Waals surface area contributed by atoms with Crippen molar-refractivity contribution in [2.45, 2.75) is 104 Å². The molecule has 1 aliphatic heterocycles. The van der Waals surface area contributed by atoms with Crippen LogP contribution in [-0.4, -0.2) is 17.5 Å². The molecule has 0 aromatic carbocycles. The average Bonchev–Trinajstić information content (AvgIpc) is 2.76. The highest BCUT2D eigenvalue weighted by atomic mass is 16.8. The van der Waals surface area contributed by atoms with Crippen LogP contribution in [-0.2, 0) is 9.47 Å². The maximum Gasteiger partial charge on any atom is 0.164 e. The van der Waals surface area contributed by atoms with E-state index >= 15 is 0 Å². The van der Waals surface area contributed by atoms with Crippen molar-refractivity contribution in [2.24, 2.45) is 10.8 Å². The molecule has 1 fully saturated rings. The van der Waals surface area contributed by atoms with Crippen LogP contribution in [0.5, 0.6) is 0 Å². The molecule has 0 bridgehead atoms. The predicted octanol–water partition coefficient (Wildman–Crippen LogP) is 6.17. The van der Waals surface area contributed by atoms with Gasteiger partial charge in [-0.25, -0.2) is 0 Å². The summed E-state index contributed by atoms with van der Waals surface area (Å²) in [6, 6.07) is 0. The number of unbranched alkanes of at least 4 members (excludes halogenated alkanes) is 1. The lowest BCUT2D eigenvalue weighted by molar-refractivity contribution is -0.182. The molecule has 0 amide bonds. The van der Waals surface area contributed by atoms with Gasteiger partial charge in [0.2, 0.25) is 0 Å². The van der Waals surface area contributed by atoms with E-state index in [9.17, 15) is 0 Å². The average molecular weight is 333 g/mol. The van der Waals surface area contributed by atoms with Crippen LogP contribution in [0.4, 0.5) is 0 Å². The Morgan fingerprint density at radius 3 is 2.62 bits per heavy atom. The van der Waals surface area contributed by atoms with Gasteiger partial charge in [0.15, 0.2) is 5.79 Å². The van der Waals surface area contributed by atoms with Crippen molar-refractivity contribution in [3.05, 3.63) is 23.8 Å². The molecule has 0 aromatic rings. The standard InChI is InChI=1S/C22H36O2/c1-7-8-16-22-18(23-20(4,5)24-22)17-12-9-10-14-21(17,6)15-11-13-19(22,2)3/h11-13,18H,7-10,14-16H2,1-6H3/b13-11-/t18-,21-,22+/m0/s1. The van der Waals surface area contributed by atoms with E-state index in [0.29, 0.717) is 0 Å². The van der Waals surface area contributed by atoms with E-state index in [2.05, 4.69) is 59.8 Å². The molecule has 3 atom stereocenters. The first kappa shape index (κ1) is 18.2. The van der Waals surface area contributed by atoms with E-state index in [1.807, 2.05) is 0 Å². The Morgan fingerprint density at radius 2 is 1.92 bits per heavy atom. The van der Waals surface area contributed by atoms with Crippen LogP contribution in [0.25, 0.3) is 0 Å². The third kappa shape index (κ3) is 2.80. The fourth-order valence-corrected chi connectivity index (χ4v) is 5.16. The van der Waals surface area contributed by atoms with Crippen molar-refractivity contribution < 1.29 is 9.47 Å². The Labute approximate surface area is 148 Å². The summed E-state index contributed by atoms with van der Waals surface area (Å²) in [5, 5.41) is 0. The molecule has 0 saturated carbocycles. The van der Waals surface area contributed by atoms with Crippen LogP contribution in [0, 0.1) is 10.8 Å². The summed E-state index contributed by atoms with van der Waals surface area (Å²) in [6.45, 7) is 13.5. The van der Waals surface area contributed by atoms with E-state index < -0.39 is 5.79 Å². The molecule has 3 aliphatic rings. The van der Waals surface area contributed by atoms with Gasteiger partial charge >= 0.3 is 0 Å². The van der Waals surface area contributed by atoms with Crippen LogP contribution in [0.1, 0.15) is 86.5 Å². The molecule has 1 saturated heterocycles. The van der Waals surface area contributed by atoms with Gasteiger partial charge in [-0.15, -0.1) is 0 Å². The van der Waals surface area contributed by atoms with Gasteiger partial charge in [0.1, 0.15) is 11.7 Å². The van der Waals surface area contributed by atoms with Gasteiger partial charge in [-0.1, -0.05) is 58.8 Å². The minimum absolute atomic E-state index is 0.0414. The number of hydrogen-bond donors (Lipinski definition) is 0. The minimum Gasteiger partial charge on any atom is -0.340 e. The molecule has 24 heavy (non-hydrogen) atoms. The zero-order chi connectivity index (χ0) is 17.6. The molecule has 0 unspecified atom stereocenters. The van der Waals surface area contributed by atoms with Crippen molar-refractivity contribution >= 4 is 0 Å². The fraction of sp³-hybridized carbons (Fsp3) is 0.818. The van der Waals surface area contributed by atoms with Crippen molar-refractivity contribution in [3.8, 4) is 0 Å². The van der Waals surface area contributed by atoms with Gasteiger partial charge in [-0.2, -0.15) is 0 Å². The van der Waals surface area contributed by atoms with Gasteiger partial charge < -0.3 is 9.47 Å². The molecular weight excluding hydrogens is 296 g/mol. The SMILES string of the molecule is CCCC[C@@]12OC(C)(C)O[C@H]1C1=CCCC[C@@]1(C)C/C=C\C2(C)C. The topological polar surface area (TPSA) is 18.5 Å². The Hall–Kier alpha value is -0.600. The zero-order valence-electron chi connectivity index (χ0n) is 16.6. The summed E-state index contributed by atoms with van der Waals surface area (Å²) < 4.78 is 13.4. The molecule has 2 nitrogen and oxygen atoms in total. The van der Waals surface area contributed by atoms with Crippen LogP contribution < -0.4 is 0 Å². The predicted molar refractivity (Wildman–Crippen MR) is 99.9 cm³/mol.